The SMILES string of the molecule is Cc1cc(S(=O)(=O)NCC2CCCC2C)cc(CN)c1F. The van der Waals surface area contributed by atoms with Crippen LogP contribution in [0.4, 0.5) is 4.39 Å². The maximum Gasteiger partial charge on any atom is 0.240 e. The van der Waals surface area contributed by atoms with E-state index in [0.717, 1.165) is 19.3 Å². The molecule has 2 unspecified atom stereocenters. The molecule has 4 nitrogen and oxygen atoms in total. The van der Waals surface area contributed by atoms with Crippen molar-refractivity contribution in [2.24, 2.45) is 17.6 Å². The number of benzene rings is 1. The van der Waals surface area contributed by atoms with Crippen molar-refractivity contribution < 1.29 is 12.8 Å². The van der Waals surface area contributed by atoms with E-state index in [2.05, 4.69) is 11.6 Å². The summed E-state index contributed by atoms with van der Waals surface area (Å²) in [5.74, 6) is 0.499. The Hall–Kier alpha value is -0.980. The lowest BCUT2D eigenvalue weighted by atomic mass is 9.99. The van der Waals surface area contributed by atoms with Gasteiger partial charge in [0.1, 0.15) is 5.82 Å². The van der Waals surface area contributed by atoms with E-state index in [0.29, 0.717) is 23.9 Å². The molecule has 118 valence electrons. The highest BCUT2D eigenvalue weighted by Gasteiger charge is 2.25. The quantitative estimate of drug-likeness (QED) is 0.876. The van der Waals surface area contributed by atoms with Crippen LogP contribution in [-0.4, -0.2) is 15.0 Å². The van der Waals surface area contributed by atoms with Gasteiger partial charge in [-0.25, -0.2) is 17.5 Å². The molecule has 1 aliphatic rings. The van der Waals surface area contributed by atoms with Gasteiger partial charge in [-0.2, -0.15) is 0 Å². The minimum Gasteiger partial charge on any atom is -0.326 e. The number of nitrogens with one attached hydrogen (secondary N) is 1. The zero-order chi connectivity index (χ0) is 15.6. The summed E-state index contributed by atoms with van der Waals surface area (Å²) in [4.78, 5) is 0.0903. The number of hydrogen-bond donors (Lipinski definition) is 2. The van der Waals surface area contributed by atoms with E-state index in [-0.39, 0.29) is 17.0 Å². The van der Waals surface area contributed by atoms with E-state index in [1.807, 2.05) is 0 Å². The third kappa shape index (κ3) is 3.62. The fourth-order valence-corrected chi connectivity index (χ4v) is 4.17. The van der Waals surface area contributed by atoms with E-state index in [4.69, 9.17) is 5.73 Å². The van der Waals surface area contributed by atoms with Crippen LogP contribution in [0.3, 0.4) is 0 Å². The standard InChI is InChI=1S/C15H23FN2O2S/c1-10-4-3-5-12(10)9-18-21(19,20)14-6-11(2)15(16)13(7-14)8-17/h6-7,10,12,18H,3-5,8-9,17H2,1-2H3. The van der Waals surface area contributed by atoms with Crippen LogP contribution >= 0.6 is 0 Å². The van der Waals surface area contributed by atoms with Crippen LogP contribution in [0.1, 0.15) is 37.3 Å². The van der Waals surface area contributed by atoms with Crippen LogP contribution in [0, 0.1) is 24.6 Å². The molecule has 21 heavy (non-hydrogen) atoms. The summed E-state index contributed by atoms with van der Waals surface area (Å²) < 4.78 is 41.1. The predicted molar refractivity (Wildman–Crippen MR) is 80.7 cm³/mol. The second-order valence-electron chi connectivity index (χ2n) is 5.94. The summed E-state index contributed by atoms with van der Waals surface area (Å²) in [5.41, 5.74) is 5.99. The Morgan fingerprint density at radius 3 is 2.67 bits per heavy atom. The highest BCUT2D eigenvalue weighted by atomic mass is 32.2. The monoisotopic (exact) mass is 314 g/mol. The van der Waals surface area contributed by atoms with Crippen LogP contribution in [0.25, 0.3) is 0 Å². The predicted octanol–water partition coefficient (Wildman–Crippen LogP) is 2.31. The number of rotatable bonds is 5. The molecule has 1 aliphatic carbocycles. The van der Waals surface area contributed by atoms with Crippen molar-refractivity contribution in [3.8, 4) is 0 Å². The summed E-state index contributed by atoms with van der Waals surface area (Å²) in [5, 5.41) is 0. The van der Waals surface area contributed by atoms with Crippen LogP contribution in [0.2, 0.25) is 0 Å². The Bertz CT molecular complexity index is 616. The molecule has 0 aliphatic heterocycles. The molecule has 1 saturated carbocycles. The second-order valence-corrected chi connectivity index (χ2v) is 7.70. The largest absolute Gasteiger partial charge is 0.326 e. The van der Waals surface area contributed by atoms with Gasteiger partial charge in [0.25, 0.3) is 0 Å². The van der Waals surface area contributed by atoms with Gasteiger partial charge in [-0.3, -0.25) is 0 Å². The van der Waals surface area contributed by atoms with Crippen molar-refractivity contribution >= 4 is 10.0 Å². The van der Waals surface area contributed by atoms with Crippen molar-refractivity contribution in [3.63, 3.8) is 0 Å². The van der Waals surface area contributed by atoms with Crippen molar-refractivity contribution in [3.05, 3.63) is 29.1 Å². The molecule has 0 heterocycles. The Labute approximate surface area is 126 Å². The lowest BCUT2D eigenvalue weighted by Gasteiger charge is -2.16. The molecule has 0 radical (unpaired) electrons. The minimum absolute atomic E-state index is 0.0182. The maximum absolute atomic E-state index is 13.8. The van der Waals surface area contributed by atoms with Crippen LogP contribution in [0.15, 0.2) is 17.0 Å². The van der Waals surface area contributed by atoms with Gasteiger partial charge < -0.3 is 5.73 Å². The summed E-state index contributed by atoms with van der Waals surface area (Å²) in [6.07, 6.45) is 3.36. The van der Waals surface area contributed by atoms with Gasteiger partial charge in [-0.05, 0) is 42.9 Å². The zero-order valence-electron chi connectivity index (χ0n) is 12.5. The zero-order valence-corrected chi connectivity index (χ0v) is 13.3. The Morgan fingerprint density at radius 1 is 1.38 bits per heavy atom. The topological polar surface area (TPSA) is 72.2 Å². The average Bonchev–Trinajstić information content (AvgIpc) is 2.85. The summed E-state index contributed by atoms with van der Waals surface area (Å²) in [6.45, 7) is 4.13. The van der Waals surface area contributed by atoms with Gasteiger partial charge in [-0.1, -0.05) is 19.8 Å². The molecule has 1 fully saturated rings. The maximum atomic E-state index is 13.8. The van der Waals surface area contributed by atoms with E-state index in [1.54, 1.807) is 6.92 Å². The lowest BCUT2D eigenvalue weighted by Crippen LogP contribution is -2.30. The van der Waals surface area contributed by atoms with Crippen LogP contribution in [-0.2, 0) is 16.6 Å². The molecule has 0 aromatic heterocycles. The van der Waals surface area contributed by atoms with Gasteiger partial charge in [0.15, 0.2) is 0 Å². The van der Waals surface area contributed by atoms with Gasteiger partial charge >= 0.3 is 0 Å². The lowest BCUT2D eigenvalue weighted by molar-refractivity contribution is 0.414. The molecule has 2 atom stereocenters. The van der Waals surface area contributed by atoms with Crippen LogP contribution in [0.5, 0.6) is 0 Å². The number of sulfonamides is 1. The molecule has 0 bridgehead atoms. The average molecular weight is 314 g/mol. The fourth-order valence-electron chi connectivity index (χ4n) is 2.94. The molecule has 1 aromatic rings. The third-order valence-corrected chi connectivity index (χ3v) is 5.81. The highest BCUT2D eigenvalue weighted by molar-refractivity contribution is 7.89. The van der Waals surface area contributed by atoms with Gasteiger partial charge in [0.05, 0.1) is 4.90 Å². The van der Waals surface area contributed by atoms with Gasteiger partial charge in [-0.15, -0.1) is 0 Å². The molecule has 0 amide bonds. The van der Waals surface area contributed by atoms with Crippen LogP contribution < -0.4 is 10.5 Å². The van der Waals surface area contributed by atoms with E-state index in [9.17, 15) is 12.8 Å². The number of nitrogens with two attached hydrogens (primary N) is 1. The normalized spacial score (nSPS) is 22.7. The molecule has 3 N–H and O–H groups in total. The first-order valence-corrected chi connectivity index (χ1v) is 8.82. The number of aryl methyl sites for hydroxylation is 1. The first-order chi connectivity index (χ1) is 9.85. The Morgan fingerprint density at radius 2 is 2.10 bits per heavy atom. The summed E-state index contributed by atoms with van der Waals surface area (Å²) in [6, 6.07) is 2.68. The fraction of sp³-hybridized carbons (Fsp3) is 0.600. The molecule has 0 saturated heterocycles. The van der Waals surface area contributed by atoms with Crippen molar-refractivity contribution in [2.45, 2.75) is 44.6 Å². The first kappa shape index (κ1) is 16.4. The van der Waals surface area contributed by atoms with E-state index >= 15 is 0 Å². The van der Waals surface area contributed by atoms with Crippen molar-refractivity contribution in [1.29, 1.82) is 0 Å². The molecular weight excluding hydrogens is 291 g/mol. The van der Waals surface area contributed by atoms with E-state index < -0.39 is 15.8 Å². The van der Waals surface area contributed by atoms with Crippen molar-refractivity contribution in [1.82, 2.24) is 4.72 Å². The second kappa shape index (κ2) is 6.42. The summed E-state index contributed by atoms with van der Waals surface area (Å²) >= 11 is 0. The van der Waals surface area contributed by atoms with E-state index in [1.165, 1.54) is 12.1 Å². The molecule has 2 rings (SSSR count). The van der Waals surface area contributed by atoms with Crippen molar-refractivity contribution in [2.75, 3.05) is 6.54 Å². The Balaban J connectivity index is 2.17. The third-order valence-electron chi connectivity index (χ3n) is 4.41. The Kier molecular flexibility index (Phi) is 5.01. The number of hydrogen-bond acceptors (Lipinski definition) is 3. The summed E-state index contributed by atoms with van der Waals surface area (Å²) in [7, 11) is -3.62. The van der Waals surface area contributed by atoms with Gasteiger partial charge in [0, 0.05) is 18.7 Å². The molecule has 1 aromatic carbocycles. The minimum atomic E-state index is -3.62. The van der Waals surface area contributed by atoms with Gasteiger partial charge in [0.2, 0.25) is 10.0 Å². The molecular formula is C15H23FN2O2S. The smallest absolute Gasteiger partial charge is 0.240 e. The molecule has 6 heteroatoms. The highest BCUT2D eigenvalue weighted by Crippen LogP contribution is 2.30. The molecule has 0 spiro atoms. The first-order valence-electron chi connectivity index (χ1n) is 7.34. The number of halogens is 1.